The molecule has 178 valence electrons. The van der Waals surface area contributed by atoms with Gasteiger partial charge >= 0.3 is 0 Å². The summed E-state index contributed by atoms with van der Waals surface area (Å²) in [5, 5.41) is 0.852. The highest BCUT2D eigenvalue weighted by atomic mass is 32.2. The van der Waals surface area contributed by atoms with Crippen LogP contribution in [0.5, 0.6) is 11.5 Å². The fraction of sp³-hybridized carbons (Fsp3) is 0.333. The number of carbonyl (C=O) groups is 2. The van der Waals surface area contributed by atoms with Crippen LogP contribution in [0.3, 0.4) is 0 Å². The molecule has 1 fully saturated rings. The Hall–Kier alpha value is -3.19. The van der Waals surface area contributed by atoms with Crippen molar-refractivity contribution in [2.45, 2.75) is 46.3 Å². The zero-order valence-corrected chi connectivity index (χ0v) is 20.6. The van der Waals surface area contributed by atoms with Crippen molar-refractivity contribution in [1.82, 2.24) is 9.47 Å². The van der Waals surface area contributed by atoms with E-state index in [0.717, 1.165) is 52.6 Å². The van der Waals surface area contributed by atoms with E-state index < -0.39 is 0 Å². The van der Waals surface area contributed by atoms with Gasteiger partial charge in [0.2, 0.25) is 0 Å². The Kier molecular flexibility index (Phi) is 7.63. The lowest BCUT2D eigenvalue weighted by Crippen LogP contribution is -2.29. The molecule has 2 heterocycles. The first-order chi connectivity index (χ1) is 16.5. The van der Waals surface area contributed by atoms with Crippen LogP contribution >= 0.6 is 11.8 Å². The Morgan fingerprint density at radius 2 is 1.74 bits per heavy atom. The standard InChI is InChI=1S/C27H30N2O4S/c1-4-5-14-29-26(30)25(34-27(29)31)17-20-18-28(24-9-7-6-8-23(20)24)15-16-32-21-10-12-22(13-11-21)33-19(2)3/h6-13,17-19H,4-5,14-16H2,1-3H3/b25-17-. The van der Waals surface area contributed by atoms with Gasteiger partial charge in [-0.1, -0.05) is 31.5 Å². The van der Waals surface area contributed by atoms with E-state index in [0.29, 0.717) is 24.6 Å². The van der Waals surface area contributed by atoms with Crippen LogP contribution in [0.2, 0.25) is 0 Å². The van der Waals surface area contributed by atoms with Gasteiger partial charge < -0.3 is 14.0 Å². The largest absolute Gasteiger partial charge is 0.492 e. The van der Waals surface area contributed by atoms with E-state index in [1.54, 1.807) is 0 Å². The maximum Gasteiger partial charge on any atom is 0.293 e. The predicted octanol–water partition coefficient (Wildman–Crippen LogP) is 6.34. The average molecular weight is 479 g/mol. The van der Waals surface area contributed by atoms with Crippen LogP contribution in [-0.4, -0.2) is 39.9 Å². The Morgan fingerprint density at radius 1 is 1.00 bits per heavy atom. The second-order valence-electron chi connectivity index (χ2n) is 8.47. The number of para-hydroxylation sites is 1. The summed E-state index contributed by atoms with van der Waals surface area (Å²) in [6.45, 7) is 7.66. The maximum atomic E-state index is 12.8. The van der Waals surface area contributed by atoms with Crippen LogP contribution in [-0.2, 0) is 11.3 Å². The van der Waals surface area contributed by atoms with Gasteiger partial charge in [-0.15, -0.1) is 0 Å². The highest BCUT2D eigenvalue weighted by molar-refractivity contribution is 8.18. The van der Waals surface area contributed by atoms with E-state index in [1.807, 2.05) is 75.5 Å². The third-order valence-electron chi connectivity index (χ3n) is 5.51. The molecule has 1 aromatic heterocycles. The summed E-state index contributed by atoms with van der Waals surface area (Å²) < 4.78 is 13.7. The lowest BCUT2D eigenvalue weighted by atomic mass is 10.1. The van der Waals surface area contributed by atoms with Crippen molar-refractivity contribution in [2.75, 3.05) is 13.2 Å². The predicted molar refractivity (Wildman–Crippen MR) is 137 cm³/mol. The summed E-state index contributed by atoms with van der Waals surface area (Å²) in [5.74, 6) is 1.41. The normalized spacial score (nSPS) is 15.2. The maximum absolute atomic E-state index is 12.8. The average Bonchev–Trinajstić information content (AvgIpc) is 3.30. The fourth-order valence-corrected chi connectivity index (χ4v) is 4.73. The zero-order valence-electron chi connectivity index (χ0n) is 19.8. The van der Waals surface area contributed by atoms with Crippen molar-refractivity contribution < 1.29 is 19.1 Å². The van der Waals surface area contributed by atoms with Crippen molar-refractivity contribution >= 4 is 39.9 Å². The molecule has 7 heteroatoms. The van der Waals surface area contributed by atoms with Gasteiger partial charge in [0.1, 0.15) is 18.1 Å². The third kappa shape index (κ3) is 5.47. The molecule has 6 nitrogen and oxygen atoms in total. The number of hydrogen-bond donors (Lipinski definition) is 0. The Balaban J connectivity index is 1.47. The number of benzene rings is 2. The number of amides is 2. The van der Waals surface area contributed by atoms with Crippen molar-refractivity contribution in [3.05, 3.63) is 65.2 Å². The second-order valence-corrected chi connectivity index (χ2v) is 9.46. The van der Waals surface area contributed by atoms with Gasteiger partial charge in [-0.25, -0.2) is 0 Å². The molecular weight excluding hydrogens is 448 g/mol. The SMILES string of the molecule is CCCCN1C(=O)S/C(=C\c2cn(CCOc3ccc(OC(C)C)cc3)c3ccccc23)C1=O. The van der Waals surface area contributed by atoms with Crippen molar-refractivity contribution in [3.8, 4) is 11.5 Å². The van der Waals surface area contributed by atoms with E-state index in [4.69, 9.17) is 9.47 Å². The summed E-state index contributed by atoms with van der Waals surface area (Å²) in [6.07, 6.45) is 5.75. The van der Waals surface area contributed by atoms with Gasteiger partial charge in [-0.05, 0) is 68.4 Å². The van der Waals surface area contributed by atoms with Crippen LogP contribution in [0.15, 0.2) is 59.6 Å². The molecule has 1 aliphatic heterocycles. The highest BCUT2D eigenvalue weighted by Crippen LogP contribution is 2.34. The van der Waals surface area contributed by atoms with E-state index in [1.165, 1.54) is 4.90 Å². The number of rotatable bonds is 10. The molecule has 0 N–H and O–H groups in total. The Bertz CT molecular complexity index is 1200. The Labute approximate surface area is 204 Å². The zero-order chi connectivity index (χ0) is 24.1. The molecule has 0 aliphatic carbocycles. The summed E-state index contributed by atoms with van der Waals surface area (Å²) in [6, 6.07) is 15.7. The third-order valence-corrected chi connectivity index (χ3v) is 6.42. The van der Waals surface area contributed by atoms with Gasteiger partial charge in [0.15, 0.2) is 0 Å². The number of thioether (sulfide) groups is 1. The number of nitrogens with zero attached hydrogens (tertiary/aromatic N) is 2. The topological polar surface area (TPSA) is 60.8 Å². The minimum Gasteiger partial charge on any atom is -0.492 e. The Morgan fingerprint density at radius 3 is 2.47 bits per heavy atom. The van der Waals surface area contributed by atoms with Crippen LogP contribution in [0.1, 0.15) is 39.2 Å². The first-order valence-electron chi connectivity index (χ1n) is 11.7. The molecule has 0 bridgehead atoms. The summed E-state index contributed by atoms with van der Waals surface area (Å²) in [7, 11) is 0. The molecule has 0 saturated carbocycles. The molecule has 2 aromatic carbocycles. The van der Waals surface area contributed by atoms with E-state index in [-0.39, 0.29) is 17.3 Å². The number of ether oxygens (including phenoxy) is 2. The van der Waals surface area contributed by atoms with Gasteiger partial charge in [-0.2, -0.15) is 0 Å². The molecule has 1 aliphatic rings. The molecule has 0 atom stereocenters. The second kappa shape index (κ2) is 10.8. The molecule has 0 unspecified atom stereocenters. The number of carbonyl (C=O) groups excluding carboxylic acids is 2. The molecule has 0 radical (unpaired) electrons. The van der Waals surface area contributed by atoms with Gasteiger partial charge in [-0.3, -0.25) is 14.5 Å². The van der Waals surface area contributed by atoms with E-state index in [9.17, 15) is 9.59 Å². The monoisotopic (exact) mass is 478 g/mol. The number of hydrogen-bond acceptors (Lipinski definition) is 5. The molecule has 0 spiro atoms. The van der Waals surface area contributed by atoms with Crippen molar-refractivity contribution in [3.63, 3.8) is 0 Å². The minimum absolute atomic E-state index is 0.133. The molecule has 1 saturated heterocycles. The first-order valence-corrected chi connectivity index (χ1v) is 12.5. The number of aromatic nitrogens is 1. The molecule has 4 rings (SSSR count). The van der Waals surface area contributed by atoms with Crippen LogP contribution in [0, 0.1) is 0 Å². The molecular formula is C27H30N2O4S. The van der Waals surface area contributed by atoms with E-state index >= 15 is 0 Å². The van der Waals surface area contributed by atoms with Crippen LogP contribution in [0.4, 0.5) is 4.79 Å². The van der Waals surface area contributed by atoms with Gasteiger partial charge in [0, 0.05) is 29.2 Å². The van der Waals surface area contributed by atoms with Crippen molar-refractivity contribution in [1.29, 1.82) is 0 Å². The quantitative estimate of drug-likeness (QED) is 0.318. The van der Waals surface area contributed by atoms with Gasteiger partial charge in [0.25, 0.3) is 11.1 Å². The lowest BCUT2D eigenvalue weighted by molar-refractivity contribution is -0.122. The van der Waals surface area contributed by atoms with Gasteiger partial charge in [0.05, 0.1) is 17.6 Å². The summed E-state index contributed by atoms with van der Waals surface area (Å²) in [5.41, 5.74) is 1.98. The number of fused-ring (bicyclic) bond motifs is 1. The summed E-state index contributed by atoms with van der Waals surface area (Å²) in [4.78, 5) is 26.9. The molecule has 2 amide bonds. The molecule has 3 aromatic rings. The highest BCUT2D eigenvalue weighted by Gasteiger charge is 2.34. The smallest absolute Gasteiger partial charge is 0.293 e. The fourth-order valence-electron chi connectivity index (χ4n) is 3.87. The molecule has 34 heavy (non-hydrogen) atoms. The number of imide groups is 1. The van der Waals surface area contributed by atoms with E-state index in [2.05, 4.69) is 10.6 Å². The first kappa shape index (κ1) is 24.0. The lowest BCUT2D eigenvalue weighted by Gasteiger charge is -2.11. The van der Waals surface area contributed by atoms with Crippen LogP contribution < -0.4 is 9.47 Å². The minimum atomic E-state index is -0.200. The van der Waals surface area contributed by atoms with Crippen molar-refractivity contribution in [2.24, 2.45) is 0 Å². The van der Waals surface area contributed by atoms with Crippen LogP contribution in [0.25, 0.3) is 17.0 Å². The number of unbranched alkanes of at least 4 members (excludes halogenated alkanes) is 1. The summed E-state index contributed by atoms with van der Waals surface area (Å²) >= 11 is 1.02.